The van der Waals surface area contributed by atoms with E-state index in [2.05, 4.69) is 4.98 Å². The highest BCUT2D eigenvalue weighted by molar-refractivity contribution is 7.91. The van der Waals surface area contributed by atoms with Crippen molar-refractivity contribution in [3.63, 3.8) is 0 Å². The van der Waals surface area contributed by atoms with Crippen LogP contribution < -0.4 is 10.6 Å². The van der Waals surface area contributed by atoms with Crippen molar-refractivity contribution in [3.05, 3.63) is 18.5 Å². The van der Waals surface area contributed by atoms with Gasteiger partial charge in [-0.25, -0.2) is 8.42 Å². The third kappa shape index (κ3) is 2.63. The number of anilines is 2. The van der Waals surface area contributed by atoms with Gasteiger partial charge >= 0.3 is 0 Å². The van der Waals surface area contributed by atoms with Crippen molar-refractivity contribution in [2.75, 3.05) is 35.2 Å². The van der Waals surface area contributed by atoms with Gasteiger partial charge in [-0.15, -0.1) is 0 Å². The number of aromatic nitrogens is 1. The van der Waals surface area contributed by atoms with E-state index in [1.54, 1.807) is 12.4 Å². The molecule has 0 spiro atoms. The van der Waals surface area contributed by atoms with E-state index in [0.29, 0.717) is 18.7 Å². The van der Waals surface area contributed by atoms with E-state index >= 15 is 0 Å². The van der Waals surface area contributed by atoms with Crippen molar-refractivity contribution >= 4 is 21.2 Å². The van der Waals surface area contributed by atoms with Gasteiger partial charge in [-0.2, -0.15) is 0 Å². The largest absolute Gasteiger partial charge is 0.397 e. The van der Waals surface area contributed by atoms with E-state index in [4.69, 9.17) is 5.73 Å². The molecule has 1 aromatic rings. The molecule has 1 aromatic heterocycles. The molecule has 88 valence electrons. The zero-order valence-electron chi connectivity index (χ0n) is 8.96. The first-order valence-electron chi connectivity index (χ1n) is 5.23. The molecule has 2 rings (SSSR count). The summed E-state index contributed by atoms with van der Waals surface area (Å²) < 4.78 is 22.9. The summed E-state index contributed by atoms with van der Waals surface area (Å²) in [6.07, 6.45) is 3.96. The maximum Gasteiger partial charge on any atom is 0.152 e. The Balaban J connectivity index is 2.17. The van der Waals surface area contributed by atoms with Gasteiger partial charge in [-0.05, 0) is 12.5 Å². The zero-order chi connectivity index (χ0) is 11.6. The van der Waals surface area contributed by atoms with E-state index in [1.807, 2.05) is 11.0 Å². The molecule has 1 saturated heterocycles. The first-order valence-corrected chi connectivity index (χ1v) is 7.05. The van der Waals surface area contributed by atoms with Crippen LogP contribution in [-0.4, -0.2) is 38.0 Å². The van der Waals surface area contributed by atoms with Crippen LogP contribution in [0.2, 0.25) is 0 Å². The minimum Gasteiger partial charge on any atom is -0.397 e. The van der Waals surface area contributed by atoms with Gasteiger partial charge in [0.05, 0.1) is 29.1 Å². The first-order chi connectivity index (χ1) is 7.57. The Kier molecular flexibility index (Phi) is 3.00. The minimum atomic E-state index is -2.86. The van der Waals surface area contributed by atoms with Crippen LogP contribution in [0.5, 0.6) is 0 Å². The molecule has 0 aliphatic carbocycles. The standard InChI is InChI=1S/C10H15N3O2S/c11-9-6-10(8-12-7-9)13-2-1-4-16(14,15)5-3-13/h6-8H,1-5,11H2. The summed E-state index contributed by atoms with van der Waals surface area (Å²) in [6.45, 7) is 1.26. The summed E-state index contributed by atoms with van der Waals surface area (Å²) in [6, 6.07) is 1.82. The SMILES string of the molecule is Nc1cncc(N2CCCS(=O)(=O)CC2)c1. The third-order valence-electron chi connectivity index (χ3n) is 2.67. The Morgan fingerprint density at radius 2 is 2.06 bits per heavy atom. The Bertz CT molecular complexity index is 473. The molecule has 2 heterocycles. The summed E-state index contributed by atoms with van der Waals surface area (Å²) >= 11 is 0. The van der Waals surface area contributed by atoms with E-state index in [1.165, 1.54) is 0 Å². The van der Waals surface area contributed by atoms with E-state index in [9.17, 15) is 8.42 Å². The van der Waals surface area contributed by atoms with Crippen molar-refractivity contribution in [3.8, 4) is 0 Å². The molecule has 0 atom stereocenters. The Morgan fingerprint density at radius 3 is 2.81 bits per heavy atom. The van der Waals surface area contributed by atoms with Gasteiger partial charge in [0.25, 0.3) is 0 Å². The van der Waals surface area contributed by atoms with Gasteiger partial charge in [0.15, 0.2) is 9.84 Å². The van der Waals surface area contributed by atoms with Crippen molar-refractivity contribution in [2.45, 2.75) is 6.42 Å². The number of nitrogens with zero attached hydrogens (tertiary/aromatic N) is 2. The maximum absolute atomic E-state index is 11.4. The van der Waals surface area contributed by atoms with Crippen molar-refractivity contribution in [1.29, 1.82) is 0 Å². The predicted octanol–water partition coefficient (Wildman–Crippen LogP) is 0.289. The van der Waals surface area contributed by atoms with Crippen molar-refractivity contribution in [2.24, 2.45) is 0 Å². The average molecular weight is 241 g/mol. The molecule has 1 aliphatic rings. The van der Waals surface area contributed by atoms with Gasteiger partial charge < -0.3 is 10.6 Å². The summed E-state index contributed by atoms with van der Waals surface area (Å²) in [4.78, 5) is 6.03. The molecule has 0 radical (unpaired) electrons. The fraction of sp³-hybridized carbons (Fsp3) is 0.500. The highest BCUT2D eigenvalue weighted by Crippen LogP contribution is 2.18. The molecule has 6 heteroatoms. The summed E-state index contributed by atoms with van der Waals surface area (Å²) in [7, 11) is -2.86. The van der Waals surface area contributed by atoms with Gasteiger partial charge in [-0.1, -0.05) is 0 Å². The van der Waals surface area contributed by atoms with Crippen LogP contribution in [0.25, 0.3) is 0 Å². The lowest BCUT2D eigenvalue weighted by molar-refractivity contribution is 0.597. The minimum absolute atomic E-state index is 0.210. The second kappa shape index (κ2) is 4.29. The molecule has 0 amide bonds. The Morgan fingerprint density at radius 1 is 1.25 bits per heavy atom. The molecule has 0 saturated carbocycles. The predicted molar refractivity (Wildman–Crippen MR) is 64.1 cm³/mol. The van der Waals surface area contributed by atoms with Crippen LogP contribution in [0.15, 0.2) is 18.5 Å². The second-order valence-electron chi connectivity index (χ2n) is 3.97. The van der Waals surface area contributed by atoms with E-state index < -0.39 is 9.84 Å². The van der Waals surface area contributed by atoms with Gasteiger partial charge in [0.2, 0.25) is 0 Å². The lowest BCUT2D eigenvalue weighted by Crippen LogP contribution is -2.26. The van der Waals surface area contributed by atoms with Crippen LogP contribution in [0.3, 0.4) is 0 Å². The Hall–Kier alpha value is -1.30. The zero-order valence-corrected chi connectivity index (χ0v) is 9.78. The number of hydrogen-bond donors (Lipinski definition) is 1. The number of pyridine rings is 1. The summed E-state index contributed by atoms with van der Waals surface area (Å²) in [5.74, 6) is 0.487. The molecule has 0 unspecified atom stereocenters. The highest BCUT2D eigenvalue weighted by atomic mass is 32.2. The van der Waals surface area contributed by atoms with E-state index in [0.717, 1.165) is 12.2 Å². The van der Waals surface area contributed by atoms with Crippen LogP contribution in [0.4, 0.5) is 11.4 Å². The quantitative estimate of drug-likeness (QED) is 0.764. The number of nitrogens with two attached hydrogens (primary N) is 1. The second-order valence-corrected chi connectivity index (χ2v) is 6.27. The fourth-order valence-electron chi connectivity index (χ4n) is 1.81. The smallest absolute Gasteiger partial charge is 0.152 e. The highest BCUT2D eigenvalue weighted by Gasteiger charge is 2.19. The molecule has 5 nitrogen and oxygen atoms in total. The summed E-state index contributed by atoms with van der Waals surface area (Å²) in [5.41, 5.74) is 7.15. The number of nitrogen functional groups attached to an aromatic ring is 1. The molecule has 16 heavy (non-hydrogen) atoms. The van der Waals surface area contributed by atoms with Crippen LogP contribution in [0.1, 0.15) is 6.42 Å². The number of rotatable bonds is 1. The maximum atomic E-state index is 11.4. The topological polar surface area (TPSA) is 76.3 Å². The molecule has 1 aliphatic heterocycles. The van der Waals surface area contributed by atoms with Crippen molar-refractivity contribution < 1.29 is 8.42 Å². The van der Waals surface area contributed by atoms with E-state index in [-0.39, 0.29) is 11.5 Å². The molecular formula is C10H15N3O2S. The van der Waals surface area contributed by atoms with Crippen LogP contribution in [-0.2, 0) is 9.84 Å². The van der Waals surface area contributed by atoms with Crippen LogP contribution >= 0.6 is 0 Å². The third-order valence-corrected chi connectivity index (χ3v) is 4.38. The lowest BCUT2D eigenvalue weighted by Gasteiger charge is -2.21. The van der Waals surface area contributed by atoms with Gasteiger partial charge in [0.1, 0.15) is 0 Å². The Labute approximate surface area is 95.2 Å². The van der Waals surface area contributed by atoms with Crippen molar-refractivity contribution in [1.82, 2.24) is 4.98 Å². The van der Waals surface area contributed by atoms with Gasteiger partial charge in [-0.3, -0.25) is 4.98 Å². The molecule has 0 bridgehead atoms. The number of hydrogen-bond acceptors (Lipinski definition) is 5. The molecule has 0 aromatic carbocycles. The molecule has 2 N–H and O–H groups in total. The number of sulfone groups is 1. The molecular weight excluding hydrogens is 226 g/mol. The average Bonchev–Trinajstić information content (AvgIpc) is 2.39. The first kappa shape index (κ1) is 11.2. The normalized spacial score (nSPS) is 20.4. The summed E-state index contributed by atoms with van der Waals surface area (Å²) in [5, 5.41) is 0. The monoisotopic (exact) mass is 241 g/mol. The van der Waals surface area contributed by atoms with Crippen LogP contribution in [0, 0.1) is 0 Å². The van der Waals surface area contributed by atoms with Gasteiger partial charge in [0, 0.05) is 19.3 Å². The fourth-order valence-corrected chi connectivity index (χ4v) is 3.09. The lowest BCUT2D eigenvalue weighted by atomic mass is 10.3. The molecule has 1 fully saturated rings.